The van der Waals surface area contributed by atoms with Crippen molar-refractivity contribution in [2.24, 2.45) is 7.05 Å². The molecule has 0 spiro atoms. The van der Waals surface area contributed by atoms with E-state index in [1.54, 1.807) is 35.9 Å². The summed E-state index contributed by atoms with van der Waals surface area (Å²) < 4.78 is 12.4. The molecule has 0 fully saturated rings. The number of ether oxygens (including phenoxy) is 2. The average molecular weight is 475 g/mol. The van der Waals surface area contributed by atoms with E-state index in [-0.39, 0.29) is 30.9 Å². The number of carbonyl (C=O) groups is 3. The molecule has 0 bridgehead atoms. The summed E-state index contributed by atoms with van der Waals surface area (Å²) in [6.45, 7) is 5.41. The van der Waals surface area contributed by atoms with Crippen LogP contribution in [0.15, 0.2) is 35.5 Å². The van der Waals surface area contributed by atoms with Gasteiger partial charge in [0, 0.05) is 24.2 Å². The van der Waals surface area contributed by atoms with Crippen LogP contribution in [-0.4, -0.2) is 41.0 Å². The van der Waals surface area contributed by atoms with Crippen LogP contribution >= 0.6 is 11.6 Å². The molecule has 176 valence electrons. The van der Waals surface area contributed by atoms with Crippen molar-refractivity contribution < 1.29 is 23.9 Å². The highest BCUT2D eigenvalue weighted by Gasteiger charge is 2.34. The number of urea groups is 1. The summed E-state index contributed by atoms with van der Waals surface area (Å²) in [6, 6.07) is 5.45. The van der Waals surface area contributed by atoms with Crippen molar-refractivity contribution in [2.45, 2.75) is 39.7 Å². The number of aryl methyl sites for hydroxylation is 2. The summed E-state index contributed by atoms with van der Waals surface area (Å²) in [6.07, 6.45) is 0.623. The second kappa shape index (κ2) is 10.5. The number of esters is 2. The van der Waals surface area contributed by atoms with Crippen LogP contribution in [0.4, 0.5) is 4.79 Å². The van der Waals surface area contributed by atoms with Crippen LogP contribution < -0.4 is 10.6 Å². The normalized spacial score (nSPS) is 15.7. The Balaban J connectivity index is 1.78. The van der Waals surface area contributed by atoms with Crippen LogP contribution in [0.1, 0.15) is 41.9 Å². The monoisotopic (exact) mass is 474 g/mol. The third kappa shape index (κ3) is 5.73. The van der Waals surface area contributed by atoms with Gasteiger partial charge >= 0.3 is 18.0 Å². The fourth-order valence-corrected chi connectivity index (χ4v) is 3.84. The Morgan fingerprint density at radius 1 is 1.18 bits per heavy atom. The van der Waals surface area contributed by atoms with Crippen molar-refractivity contribution in [1.29, 1.82) is 0 Å². The van der Waals surface area contributed by atoms with E-state index < -0.39 is 24.0 Å². The topological polar surface area (TPSA) is 112 Å². The molecule has 1 unspecified atom stereocenters. The number of halogens is 1. The lowest BCUT2D eigenvalue weighted by Crippen LogP contribution is -2.47. The van der Waals surface area contributed by atoms with E-state index >= 15 is 0 Å². The molecule has 3 rings (SSSR count). The fraction of sp³-hybridized carbons (Fsp3) is 0.391. The van der Waals surface area contributed by atoms with E-state index in [9.17, 15) is 14.4 Å². The van der Waals surface area contributed by atoms with Crippen molar-refractivity contribution >= 4 is 29.6 Å². The van der Waals surface area contributed by atoms with Crippen LogP contribution in [0, 0.1) is 13.8 Å². The first-order valence-electron chi connectivity index (χ1n) is 10.6. The van der Waals surface area contributed by atoms with Gasteiger partial charge in [0.1, 0.15) is 6.61 Å². The molecule has 1 aliphatic heterocycles. The smallest absolute Gasteiger partial charge is 0.338 e. The van der Waals surface area contributed by atoms with Gasteiger partial charge in [-0.2, -0.15) is 5.10 Å². The quantitative estimate of drug-likeness (QED) is 0.569. The maximum absolute atomic E-state index is 12.8. The van der Waals surface area contributed by atoms with Crippen molar-refractivity contribution in [1.82, 2.24) is 20.4 Å². The first-order valence-corrected chi connectivity index (χ1v) is 11.0. The van der Waals surface area contributed by atoms with Gasteiger partial charge in [-0.1, -0.05) is 23.7 Å². The molecule has 2 aromatic rings. The SMILES string of the molecule is CCOC(=O)C1=C(COC(=O)CCc2c(C)nn(C)c2C)NC(=O)NC1c1ccc(Cl)cc1. The Morgan fingerprint density at radius 2 is 1.88 bits per heavy atom. The van der Waals surface area contributed by atoms with Gasteiger partial charge in [0.15, 0.2) is 0 Å². The molecular formula is C23H27ClN4O5. The third-order valence-electron chi connectivity index (χ3n) is 5.47. The van der Waals surface area contributed by atoms with E-state index in [1.807, 2.05) is 20.9 Å². The van der Waals surface area contributed by atoms with Gasteiger partial charge in [0.25, 0.3) is 0 Å². The number of nitrogens with zero attached hydrogens (tertiary/aromatic N) is 2. The third-order valence-corrected chi connectivity index (χ3v) is 5.72. The Hall–Kier alpha value is -3.33. The zero-order valence-electron chi connectivity index (χ0n) is 19.0. The molecule has 1 atom stereocenters. The highest BCUT2D eigenvalue weighted by atomic mass is 35.5. The van der Waals surface area contributed by atoms with Gasteiger partial charge in [-0.3, -0.25) is 9.48 Å². The summed E-state index contributed by atoms with van der Waals surface area (Å²) in [5, 5.41) is 10.2. The van der Waals surface area contributed by atoms with Gasteiger partial charge in [-0.15, -0.1) is 0 Å². The van der Waals surface area contributed by atoms with Crippen LogP contribution in [0.3, 0.4) is 0 Å². The van der Waals surface area contributed by atoms with Gasteiger partial charge < -0.3 is 20.1 Å². The zero-order chi connectivity index (χ0) is 24.1. The van der Waals surface area contributed by atoms with Crippen LogP contribution in [0.5, 0.6) is 0 Å². The first kappa shape index (κ1) is 24.3. The fourth-order valence-electron chi connectivity index (χ4n) is 3.72. The van der Waals surface area contributed by atoms with Gasteiger partial charge in [-0.25, -0.2) is 9.59 Å². The second-order valence-corrected chi connectivity index (χ2v) is 8.07. The zero-order valence-corrected chi connectivity index (χ0v) is 19.8. The van der Waals surface area contributed by atoms with Gasteiger partial charge in [-0.05, 0) is 50.5 Å². The second-order valence-electron chi connectivity index (χ2n) is 7.63. The molecule has 0 saturated carbocycles. The number of amides is 2. The van der Waals surface area contributed by atoms with Crippen LogP contribution in [0.25, 0.3) is 0 Å². The molecule has 9 nitrogen and oxygen atoms in total. The summed E-state index contributed by atoms with van der Waals surface area (Å²) in [7, 11) is 1.85. The Kier molecular flexibility index (Phi) is 7.75. The van der Waals surface area contributed by atoms with E-state index in [0.29, 0.717) is 17.0 Å². The van der Waals surface area contributed by atoms with Crippen molar-refractivity contribution in [2.75, 3.05) is 13.2 Å². The van der Waals surface area contributed by atoms with Crippen LogP contribution in [-0.2, 0) is 32.5 Å². The maximum Gasteiger partial charge on any atom is 0.338 e. The standard InChI is InChI=1S/C23H27ClN4O5/c1-5-32-22(30)20-18(25-23(31)26-21(20)15-6-8-16(24)9-7-15)12-33-19(29)11-10-17-13(2)27-28(4)14(17)3/h6-9,21H,5,10-12H2,1-4H3,(H2,25,26,31). The molecule has 0 radical (unpaired) electrons. The molecular weight excluding hydrogens is 448 g/mol. The number of benzene rings is 1. The van der Waals surface area contributed by atoms with Crippen molar-refractivity contribution in [3.05, 3.63) is 63.1 Å². The molecule has 2 N–H and O–H groups in total. The number of nitrogens with one attached hydrogen (secondary N) is 2. The summed E-state index contributed by atoms with van der Waals surface area (Å²) in [4.78, 5) is 37.5. The molecule has 0 saturated heterocycles. The molecule has 1 aromatic heterocycles. The molecule has 10 heteroatoms. The highest BCUT2D eigenvalue weighted by molar-refractivity contribution is 6.30. The molecule has 1 aliphatic rings. The Labute approximate surface area is 197 Å². The van der Waals surface area contributed by atoms with Crippen molar-refractivity contribution in [3.8, 4) is 0 Å². The number of hydrogen-bond acceptors (Lipinski definition) is 6. The van der Waals surface area contributed by atoms with E-state index in [1.165, 1.54) is 0 Å². The lowest BCUT2D eigenvalue weighted by molar-refractivity contribution is -0.143. The maximum atomic E-state index is 12.8. The number of aromatic nitrogens is 2. The molecule has 1 aromatic carbocycles. The highest BCUT2D eigenvalue weighted by Crippen LogP contribution is 2.29. The minimum Gasteiger partial charge on any atom is -0.463 e. The summed E-state index contributed by atoms with van der Waals surface area (Å²) >= 11 is 5.97. The van der Waals surface area contributed by atoms with Gasteiger partial charge in [0.05, 0.1) is 29.6 Å². The molecule has 33 heavy (non-hydrogen) atoms. The first-order chi connectivity index (χ1) is 15.7. The lowest BCUT2D eigenvalue weighted by Gasteiger charge is -2.29. The number of hydrogen-bond donors (Lipinski definition) is 2. The largest absolute Gasteiger partial charge is 0.463 e. The number of rotatable bonds is 8. The minimum atomic E-state index is -0.774. The minimum absolute atomic E-state index is 0.141. The average Bonchev–Trinajstić information content (AvgIpc) is 3.01. The van der Waals surface area contributed by atoms with Crippen LogP contribution in [0.2, 0.25) is 5.02 Å². The lowest BCUT2D eigenvalue weighted by atomic mass is 9.95. The van der Waals surface area contributed by atoms with E-state index in [2.05, 4.69) is 15.7 Å². The predicted molar refractivity (Wildman–Crippen MR) is 121 cm³/mol. The van der Waals surface area contributed by atoms with E-state index in [4.69, 9.17) is 21.1 Å². The predicted octanol–water partition coefficient (Wildman–Crippen LogP) is 3.04. The Bertz CT molecular complexity index is 1090. The number of carbonyl (C=O) groups excluding carboxylic acids is 3. The Morgan fingerprint density at radius 3 is 2.48 bits per heavy atom. The molecule has 2 heterocycles. The van der Waals surface area contributed by atoms with E-state index in [0.717, 1.165) is 17.0 Å². The van der Waals surface area contributed by atoms with Crippen molar-refractivity contribution in [3.63, 3.8) is 0 Å². The summed E-state index contributed by atoms with van der Waals surface area (Å²) in [5.74, 6) is -1.07. The molecule has 2 amide bonds. The molecule has 0 aliphatic carbocycles. The van der Waals surface area contributed by atoms with Gasteiger partial charge in [0.2, 0.25) is 0 Å². The summed E-state index contributed by atoms with van der Waals surface area (Å²) in [5.41, 5.74) is 3.85.